The summed E-state index contributed by atoms with van der Waals surface area (Å²) < 4.78 is 10.7. The van der Waals surface area contributed by atoms with Crippen LogP contribution in [0.2, 0.25) is 5.02 Å². The number of cyclic esters (lactones) is 1. The molecule has 1 aromatic carbocycles. The Morgan fingerprint density at radius 2 is 2.42 bits per heavy atom. The summed E-state index contributed by atoms with van der Waals surface area (Å²) in [6, 6.07) is 3.61. The van der Waals surface area contributed by atoms with Crippen LogP contribution < -0.4 is 5.32 Å². The van der Waals surface area contributed by atoms with Gasteiger partial charge in [0.2, 0.25) is 0 Å². The lowest BCUT2D eigenvalue weighted by Crippen LogP contribution is -2.16. The van der Waals surface area contributed by atoms with Gasteiger partial charge in [0, 0.05) is 10.8 Å². The van der Waals surface area contributed by atoms with Crippen molar-refractivity contribution in [3.05, 3.63) is 22.7 Å². The predicted molar refractivity (Wildman–Crippen MR) is 72.8 cm³/mol. The Hall–Kier alpha value is -1.40. The number of aromatic nitrogens is 1. The van der Waals surface area contributed by atoms with Gasteiger partial charge in [0.15, 0.2) is 5.58 Å². The van der Waals surface area contributed by atoms with Crippen molar-refractivity contribution in [1.29, 1.82) is 0 Å². The van der Waals surface area contributed by atoms with Gasteiger partial charge in [0.25, 0.3) is 5.22 Å². The fourth-order valence-electron chi connectivity index (χ4n) is 1.89. The second-order valence-electron chi connectivity index (χ2n) is 4.27. The summed E-state index contributed by atoms with van der Waals surface area (Å²) in [5.74, 6) is 0.609. The summed E-state index contributed by atoms with van der Waals surface area (Å²) in [7, 11) is 0. The molecule has 1 atom stereocenters. The minimum Gasteiger partial charge on any atom is -0.443 e. The summed E-state index contributed by atoms with van der Waals surface area (Å²) in [5.41, 5.74) is 2.44. The average Bonchev–Trinajstić information content (AvgIpc) is 2.92. The Morgan fingerprint density at radius 1 is 1.58 bits per heavy atom. The van der Waals surface area contributed by atoms with E-state index in [4.69, 9.17) is 20.8 Å². The van der Waals surface area contributed by atoms with Crippen LogP contribution in [0, 0.1) is 6.92 Å². The molecule has 7 heteroatoms. The zero-order chi connectivity index (χ0) is 13.4. The maximum absolute atomic E-state index is 10.9. The van der Waals surface area contributed by atoms with Gasteiger partial charge >= 0.3 is 6.09 Å². The quantitative estimate of drug-likeness (QED) is 0.883. The second-order valence-corrected chi connectivity index (χ2v) is 5.68. The summed E-state index contributed by atoms with van der Waals surface area (Å²) in [5, 5.41) is 3.81. The van der Waals surface area contributed by atoms with Gasteiger partial charge in [-0.3, -0.25) is 0 Å². The summed E-state index contributed by atoms with van der Waals surface area (Å²) in [6.45, 7) is 2.45. The minimum atomic E-state index is -0.370. The number of halogens is 1. The lowest BCUT2D eigenvalue weighted by molar-refractivity contribution is 0.150. The van der Waals surface area contributed by atoms with Crippen LogP contribution in [-0.4, -0.2) is 29.5 Å². The number of rotatable bonds is 3. The monoisotopic (exact) mass is 298 g/mol. The first-order chi connectivity index (χ1) is 9.11. The third-order valence-electron chi connectivity index (χ3n) is 2.76. The number of carbonyl (C=O) groups is 1. The highest BCUT2D eigenvalue weighted by molar-refractivity contribution is 7.99. The summed E-state index contributed by atoms with van der Waals surface area (Å²) >= 11 is 7.40. The third-order valence-corrected chi connectivity index (χ3v) is 3.94. The van der Waals surface area contributed by atoms with Gasteiger partial charge in [0.05, 0.1) is 6.54 Å². The minimum absolute atomic E-state index is 0.141. The van der Waals surface area contributed by atoms with Gasteiger partial charge in [-0.15, -0.1) is 0 Å². The number of thioether (sulfide) groups is 1. The van der Waals surface area contributed by atoms with Crippen LogP contribution in [0.1, 0.15) is 5.56 Å². The van der Waals surface area contributed by atoms with E-state index in [2.05, 4.69) is 10.3 Å². The number of hydrogen-bond acceptors (Lipinski definition) is 5. The zero-order valence-corrected chi connectivity index (χ0v) is 11.7. The van der Waals surface area contributed by atoms with Crippen molar-refractivity contribution in [1.82, 2.24) is 10.3 Å². The Kier molecular flexibility index (Phi) is 3.28. The first-order valence-corrected chi connectivity index (χ1v) is 7.12. The molecule has 0 aliphatic carbocycles. The third kappa shape index (κ3) is 2.64. The molecule has 0 spiro atoms. The van der Waals surface area contributed by atoms with Crippen LogP contribution in [0.3, 0.4) is 0 Å². The number of oxazole rings is 1. The number of benzene rings is 1. The number of fused-ring (bicyclic) bond motifs is 1. The van der Waals surface area contributed by atoms with Crippen molar-refractivity contribution in [3.63, 3.8) is 0 Å². The number of aryl methyl sites for hydroxylation is 1. The topological polar surface area (TPSA) is 64.4 Å². The van der Waals surface area contributed by atoms with Crippen LogP contribution in [0.25, 0.3) is 11.1 Å². The van der Waals surface area contributed by atoms with Gasteiger partial charge in [0.1, 0.15) is 11.6 Å². The average molecular weight is 299 g/mol. The van der Waals surface area contributed by atoms with Crippen molar-refractivity contribution in [2.45, 2.75) is 18.3 Å². The lowest BCUT2D eigenvalue weighted by Gasteiger charge is -2.03. The molecule has 100 valence electrons. The Bertz CT molecular complexity index is 643. The molecule has 19 heavy (non-hydrogen) atoms. The number of carbonyl (C=O) groups excluding carboxylic acids is 1. The van der Waals surface area contributed by atoms with Crippen molar-refractivity contribution in [2.75, 3.05) is 12.3 Å². The van der Waals surface area contributed by atoms with E-state index in [0.29, 0.717) is 22.5 Å². The number of ether oxygens (including phenoxy) is 1. The van der Waals surface area contributed by atoms with Crippen molar-refractivity contribution in [2.24, 2.45) is 0 Å². The van der Waals surface area contributed by atoms with Gasteiger partial charge in [-0.2, -0.15) is 0 Å². The van der Waals surface area contributed by atoms with Gasteiger partial charge in [-0.05, 0) is 24.6 Å². The molecule has 1 saturated heterocycles. The highest BCUT2D eigenvalue weighted by Gasteiger charge is 2.23. The van der Waals surface area contributed by atoms with Crippen molar-refractivity contribution in [3.8, 4) is 0 Å². The van der Waals surface area contributed by atoms with Crippen LogP contribution in [0.5, 0.6) is 0 Å². The maximum Gasteiger partial charge on any atom is 0.407 e. The molecule has 1 unspecified atom stereocenters. The molecule has 0 radical (unpaired) electrons. The number of alkyl carbamates (subject to hydrolysis) is 1. The Labute approximate surface area is 118 Å². The molecule has 1 fully saturated rings. The molecule has 1 aliphatic heterocycles. The van der Waals surface area contributed by atoms with E-state index in [1.54, 1.807) is 6.07 Å². The Morgan fingerprint density at radius 3 is 3.16 bits per heavy atom. The first-order valence-electron chi connectivity index (χ1n) is 5.76. The molecule has 1 amide bonds. The SMILES string of the molecule is Cc1cc(Cl)cc2nc(SCC3CNC(=O)O3)oc12. The highest BCUT2D eigenvalue weighted by atomic mass is 35.5. The van der Waals surface area contributed by atoms with E-state index in [0.717, 1.165) is 16.7 Å². The number of nitrogens with one attached hydrogen (secondary N) is 1. The molecular weight excluding hydrogens is 288 g/mol. The Balaban J connectivity index is 1.75. The maximum atomic E-state index is 10.9. The van der Waals surface area contributed by atoms with E-state index in [1.807, 2.05) is 13.0 Å². The van der Waals surface area contributed by atoms with Crippen molar-refractivity contribution >= 4 is 40.6 Å². The second kappa shape index (κ2) is 4.94. The number of nitrogens with zero attached hydrogens (tertiary/aromatic N) is 1. The first kappa shape index (κ1) is 12.6. The highest BCUT2D eigenvalue weighted by Crippen LogP contribution is 2.29. The summed E-state index contributed by atoms with van der Waals surface area (Å²) in [4.78, 5) is 15.3. The smallest absolute Gasteiger partial charge is 0.407 e. The van der Waals surface area contributed by atoms with Crippen LogP contribution >= 0.6 is 23.4 Å². The molecule has 5 nitrogen and oxygen atoms in total. The number of hydrogen-bond donors (Lipinski definition) is 1. The van der Waals surface area contributed by atoms with Gasteiger partial charge in [-0.25, -0.2) is 9.78 Å². The lowest BCUT2D eigenvalue weighted by atomic mass is 10.2. The fraction of sp³-hybridized carbons (Fsp3) is 0.333. The molecule has 1 N–H and O–H groups in total. The molecule has 2 heterocycles. The molecule has 2 aromatic rings. The molecule has 1 aromatic heterocycles. The molecule has 0 bridgehead atoms. The molecule has 1 aliphatic rings. The fourth-order valence-corrected chi connectivity index (χ4v) is 2.97. The van der Waals surface area contributed by atoms with Crippen LogP contribution in [-0.2, 0) is 4.74 Å². The zero-order valence-electron chi connectivity index (χ0n) is 10.1. The summed E-state index contributed by atoms with van der Waals surface area (Å²) in [6.07, 6.45) is -0.511. The van der Waals surface area contributed by atoms with E-state index in [-0.39, 0.29) is 12.2 Å². The normalized spacial score (nSPS) is 18.6. The molecule has 3 rings (SSSR count). The van der Waals surface area contributed by atoms with E-state index in [1.165, 1.54) is 11.8 Å². The molecular formula is C12H11ClN2O3S. The van der Waals surface area contributed by atoms with E-state index < -0.39 is 0 Å². The van der Waals surface area contributed by atoms with Crippen LogP contribution in [0.4, 0.5) is 4.79 Å². The number of amides is 1. The van der Waals surface area contributed by atoms with Gasteiger partial charge < -0.3 is 14.5 Å². The standard InChI is InChI=1S/C12H11ClN2O3S/c1-6-2-7(13)3-9-10(6)18-12(15-9)19-5-8-4-14-11(16)17-8/h2-3,8H,4-5H2,1H3,(H,14,16). The van der Waals surface area contributed by atoms with Crippen LogP contribution in [0.15, 0.2) is 21.8 Å². The van der Waals surface area contributed by atoms with Gasteiger partial charge in [-0.1, -0.05) is 23.4 Å². The largest absolute Gasteiger partial charge is 0.443 e. The molecule has 0 saturated carbocycles. The van der Waals surface area contributed by atoms with E-state index in [9.17, 15) is 4.79 Å². The predicted octanol–water partition coefficient (Wildman–Crippen LogP) is 2.99. The van der Waals surface area contributed by atoms with Crippen molar-refractivity contribution < 1.29 is 13.9 Å². The van der Waals surface area contributed by atoms with E-state index >= 15 is 0 Å².